The molecule has 30 heavy (non-hydrogen) atoms. The largest absolute Gasteiger partial charge is 0.515 e. The summed E-state index contributed by atoms with van der Waals surface area (Å²) in [6, 6.07) is 0. The highest BCUT2D eigenvalue weighted by Crippen LogP contribution is 2.71. The molecule has 0 bridgehead atoms. The van der Waals surface area contributed by atoms with Gasteiger partial charge in [-0.3, -0.25) is 4.79 Å². The third-order valence-corrected chi connectivity index (χ3v) is 9.61. The molecule has 0 saturated heterocycles. The molecule has 0 radical (unpaired) electrons. The van der Waals surface area contributed by atoms with E-state index in [-0.39, 0.29) is 41.8 Å². The summed E-state index contributed by atoms with van der Waals surface area (Å²) in [5, 5.41) is 20.3. The topological polar surface area (TPSA) is 57.5 Å². The lowest BCUT2D eigenvalue weighted by molar-refractivity contribution is -0.364. The quantitative estimate of drug-likeness (QED) is 0.321. The normalized spacial score (nSPS) is 48.3. The third kappa shape index (κ3) is 2.54. The predicted molar refractivity (Wildman–Crippen MR) is 98.8 cm³/mol. The van der Waals surface area contributed by atoms with Crippen molar-refractivity contribution < 1.29 is 37.0 Å². The van der Waals surface area contributed by atoms with E-state index >= 15 is 0 Å². The predicted octanol–water partition coefficient (Wildman–Crippen LogP) is 5.58. The van der Waals surface area contributed by atoms with Gasteiger partial charge in [0.1, 0.15) is 5.60 Å². The molecule has 4 rings (SSSR count). The molecule has 0 aromatic carbocycles. The molecule has 2 N–H and O–H groups in total. The molecule has 0 aromatic heterocycles. The van der Waals surface area contributed by atoms with E-state index < -0.39 is 35.5 Å². The lowest BCUT2D eigenvalue weighted by atomic mass is 9.44. The number of carbonyl (C=O) groups excluding carboxylic acids is 1. The molecule has 170 valence electrons. The van der Waals surface area contributed by atoms with E-state index in [1.165, 1.54) is 6.92 Å². The van der Waals surface area contributed by atoms with Crippen LogP contribution in [0.3, 0.4) is 0 Å². The van der Waals surface area contributed by atoms with Crippen LogP contribution in [0.1, 0.15) is 65.2 Å². The highest BCUT2D eigenvalue weighted by atomic mass is 19.4. The van der Waals surface area contributed by atoms with Crippen molar-refractivity contribution >= 4 is 5.78 Å². The van der Waals surface area contributed by atoms with Gasteiger partial charge in [0.2, 0.25) is 0 Å². The fourth-order valence-electron chi connectivity index (χ4n) is 7.89. The van der Waals surface area contributed by atoms with Crippen LogP contribution in [-0.4, -0.2) is 33.7 Å². The van der Waals surface area contributed by atoms with E-state index in [1.807, 2.05) is 0 Å². The fraction of sp³-hybridized carbons (Fsp3) is 0.864. The van der Waals surface area contributed by atoms with Gasteiger partial charge in [-0.15, -0.1) is 0 Å². The van der Waals surface area contributed by atoms with Crippen molar-refractivity contribution in [3.05, 3.63) is 11.8 Å². The Bertz CT molecular complexity index is 777. The Morgan fingerprint density at radius 1 is 1.00 bits per heavy atom. The van der Waals surface area contributed by atoms with Crippen LogP contribution >= 0.6 is 0 Å². The van der Waals surface area contributed by atoms with Crippen LogP contribution in [0, 0.1) is 34.5 Å². The number of rotatable bonds is 1. The molecule has 4 aliphatic carbocycles. The smallest absolute Gasteiger partial charge is 0.456 e. The van der Waals surface area contributed by atoms with E-state index in [0.717, 1.165) is 6.26 Å². The minimum absolute atomic E-state index is 0.0687. The Balaban J connectivity index is 1.68. The monoisotopic (exact) mass is 436 g/mol. The number of alkyl halides is 5. The van der Waals surface area contributed by atoms with Gasteiger partial charge < -0.3 is 10.2 Å². The summed E-state index contributed by atoms with van der Waals surface area (Å²) < 4.78 is 68.7. The molecule has 7 atom stereocenters. The van der Waals surface area contributed by atoms with E-state index in [4.69, 9.17) is 0 Å². The summed E-state index contributed by atoms with van der Waals surface area (Å²) in [6.45, 7) is 3.48. The van der Waals surface area contributed by atoms with Gasteiger partial charge in [-0.25, -0.2) is 0 Å². The van der Waals surface area contributed by atoms with Crippen molar-refractivity contribution in [3.63, 3.8) is 0 Å². The van der Waals surface area contributed by atoms with Gasteiger partial charge >= 0.3 is 12.1 Å². The number of halogens is 5. The van der Waals surface area contributed by atoms with Gasteiger partial charge in [0.25, 0.3) is 0 Å². The van der Waals surface area contributed by atoms with Gasteiger partial charge in [-0.1, -0.05) is 13.8 Å². The first-order chi connectivity index (χ1) is 13.7. The molecule has 0 unspecified atom stereocenters. The first-order valence-electron chi connectivity index (χ1n) is 10.8. The number of aliphatic hydroxyl groups excluding tert-OH is 1. The summed E-state index contributed by atoms with van der Waals surface area (Å²) in [5.74, 6) is -5.54. The summed E-state index contributed by atoms with van der Waals surface area (Å²) in [5.41, 5.74) is -4.56. The van der Waals surface area contributed by atoms with E-state index in [2.05, 4.69) is 6.92 Å². The van der Waals surface area contributed by atoms with Crippen molar-refractivity contribution in [1.82, 2.24) is 0 Å². The van der Waals surface area contributed by atoms with Gasteiger partial charge in [0, 0.05) is 17.4 Å². The van der Waals surface area contributed by atoms with Crippen LogP contribution < -0.4 is 0 Å². The molecule has 8 heteroatoms. The van der Waals surface area contributed by atoms with Crippen LogP contribution in [0.15, 0.2) is 11.8 Å². The van der Waals surface area contributed by atoms with E-state index in [0.29, 0.717) is 37.7 Å². The number of allylic oxidation sites excluding steroid dienone is 1. The first-order valence-corrected chi connectivity index (χ1v) is 10.8. The highest BCUT2D eigenvalue weighted by molar-refractivity contribution is 5.96. The van der Waals surface area contributed by atoms with Crippen molar-refractivity contribution in [3.8, 4) is 0 Å². The standard InChI is InChI=1S/C22H29F5O3/c1-18-10-12(11-28)17(29)9-13(18)3-4-14-15(18)5-7-19(2)16(14)6-8-20(19,30)21(23,24)22(25,26)27/h11,13-16,28,30H,3-10H2,1-2H3/b12-11-/t13-,14+,15-,16-,18-,19-,20-/m0/s1. The Kier molecular flexibility index (Phi) is 4.72. The summed E-state index contributed by atoms with van der Waals surface area (Å²) in [7, 11) is 0. The average molecular weight is 436 g/mol. The van der Waals surface area contributed by atoms with E-state index in [1.54, 1.807) is 0 Å². The Hall–Kier alpha value is -1.18. The minimum Gasteiger partial charge on any atom is -0.515 e. The van der Waals surface area contributed by atoms with Gasteiger partial charge in [0.15, 0.2) is 5.78 Å². The lowest BCUT2D eigenvalue weighted by Crippen LogP contribution is -2.66. The number of hydrogen-bond donors (Lipinski definition) is 2. The molecule has 0 spiro atoms. The van der Waals surface area contributed by atoms with Gasteiger partial charge in [-0.2, -0.15) is 22.0 Å². The first kappa shape index (κ1) is 22.0. The van der Waals surface area contributed by atoms with Crippen LogP contribution in [0.25, 0.3) is 0 Å². The van der Waals surface area contributed by atoms with Crippen molar-refractivity contribution in [2.45, 2.75) is 82.9 Å². The minimum atomic E-state index is -5.80. The molecule has 0 heterocycles. The van der Waals surface area contributed by atoms with Crippen molar-refractivity contribution in [2.24, 2.45) is 34.5 Å². The SMILES string of the molecule is C[C@]12C/C(=C/O)C(=O)C[C@@H]1CC[C@@H]1[C@@H]2CC[C@@]2(C)[C@H]1CC[C@@]2(O)C(F)(F)C(F)(F)F. The maximum atomic E-state index is 14.5. The maximum absolute atomic E-state index is 14.5. The summed E-state index contributed by atoms with van der Waals surface area (Å²) in [6.07, 6.45) is -2.71. The Morgan fingerprint density at radius 3 is 2.23 bits per heavy atom. The zero-order valence-corrected chi connectivity index (χ0v) is 17.2. The zero-order valence-electron chi connectivity index (χ0n) is 17.2. The molecule has 3 nitrogen and oxygen atoms in total. The van der Waals surface area contributed by atoms with Crippen LogP contribution in [0.2, 0.25) is 0 Å². The van der Waals surface area contributed by atoms with Gasteiger partial charge in [-0.05, 0) is 74.0 Å². The van der Waals surface area contributed by atoms with Gasteiger partial charge in [0.05, 0.1) is 6.26 Å². The summed E-state index contributed by atoms with van der Waals surface area (Å²) in [4.78, 5) is 12.3. The molecule has 0 aliphatic heterocycles. The molecular weight excluding hydrogens is 407 g/mol. The molecular formula is C22H29F5O3. The molecule has 0 aromatic rings. The van der Waals surface area contributed by atoms with Crippen LogP contribution in [0.5, 0.6) is 0 Å². The Morgan fingerprint density at radius 2 is 1.63 bits per heavy atom. The van der Waals surface area contributed by atoms with Crippen LogP contribution in [0.4, 0.5) is 22.0 Å². The van der Waals surface area contributed by atoms with Crippen molar-refractivity contribution in [2.75, 3.05) is 0 Å². The maximum Gasteiger partial charge on any atom is 0.456 e. The second-order valence-corrected chi connectivity index (χ2v) is 10.5. The molecule has 4 aliphatic rings. The number of ketones is 1. The van der Waals surface area contributed by atoms with Crippen LogP contribution in [-0.2, 0) is 4.79 Å². The second kappa shape index (κ2) is 6.42. The number of carbonyl (C=O) groups is 1. The van der Waals surface area contributed by atoms with E-state index in [9.17, 15) is 37.0 Å². The number of fused-ring (bicyclic) bond motifs is 5. The second-order valence-electron chi connectivity index (χ2n) is 10.5. The third-order valence-electron chi connectivity index (χ3n) is 9.61. The highest BCUT2D eigenvalue weighted by Gasteiger charge is 2.79. The lowest BCUT2D eigenvalue weighted by Gasteiger charge is -2.61. The molecule has 4 fully saturated rings. The zero-order chi connectivity index (χ0) is 22.3. The summed E-state index contributed by atoms with van der Waals surface area (Å²) >= 11 is 0. The van der Waals surface area contributed by atoms with Crippen molar-refractivity contribution in [1.29, 1.82) is 0 Å². The fourth-order valence-corrected chi connectivity index (χ4v) is 7.89. The number of Topliss-reactive ketones (excluding diaryl/α,β-unsaturated/α-hetero) is 1. The number of aliphatic hydroxyl groups is 2. The molecule has 0 amide bonds. The number of hydrogen-bond acceptors (Lipinski definition) is 3. The molecule has 4 saturated carbocycles. The average Bonchev–Trinajstić information content (AvgIpc) is 2.93. The Labute approximate surface area is 172 Å².